The fraction of sp³-hybridized carbons (Fsp3) is 0.346. The number of aldehydes is 1. The Morgan fingerprint density at radius 2 is 1.58 bits per heavy atom. The summed E-state index contributed by atoms with van der Waals surface area (Å²) in [7, 11) is -3.45. The van der Waals surface area contributed by atoms with Crippen LogP contribution in [0.1, 0.15) is 24.8 Å². The van der Waals surface area contributed by atoms with Gasteiger partial charge in [0, 0.05) is 39.1 Å². The van der Waals surface area contributed by atoms with Crippen LogP contribution in [-0.4, -0.2) is 61.5 Å². The molecular formula is C26H31N5O4S. The fourth-order valence-corrected chi connectivity index (χ4v) is 5.77. The van der Waals surface area contributed by atoms with Gasteiger partial charge in [-0.3, -0.25) is 4.79 Å². The van der Waals surface area contributed by atoms with E-state index in [1.165, 1.54) is 8.99 Å². The maximum Gasteiger partial charge on any atom is 0.296 e. The summed E-state index contributed by atoms with van der Waals surface area (Å²) in [4.78, 5) is 26.1. The number of para-hydroxylation sites is 1. The van der Waals surface area contributed by atoms with E-state index in [4.69, 9.17) is 0 Å². The highest BCUT2D eigenvalue weighted by Crippen LogP contribution is 2.25. The van der Waals surface area contributed by atoms with Crippen molar-refractivity contribution in [3.63, 3.8) is 0 Å². The Balaban J connectivity index is 1.52. The standard InChI is InChI=1S/C26H31N5O4S/c32-19-9-3-8-14-27-25-24(20-28-31(26(25)33)23-12-6-2-7-13-23)29-15-17-30(18-16-29)36(34,35)21-22-10-4-1-5-11-22/h1-2,4-7,10-13,19-20,27H,3,8-9,14-18,21H2. The maximum absolute atomic E-state index is 13.4. The minimum absolute atomic E-state index is 0.0316. The van der Waals surface area contributed by atoms with Gasteiger partial charge in [0.2, 0.25) is 10.0 Å². The van der Waals surface area contributed by atoms with E-state index in [2.05, 4.69) is 10.4 Å². The van der Waals surface area contributed by atoms with E-state index in [9.17, 15) is 18.0 Å². The molecule has 1 aromatic heterocycles. The van der Waals surface area contributed by atoms with E-state index in [0.717, 1.165) is 24.7 Å². The van der Waals surface area contributed by atoms with Crippen molar-refractivity contribution in [2.24, 2.45) is 0 Å². The second-order valence-electron chi connectivity index (χ2n) is 8.67. The Morgan fingerprint density at radius 1 is 0.917 bits per heavy atom. The lowest BCUT2D eigenvalue weighted by atomic mass is 10.2. The number of hydrogen-bond acceptors (Lipinski definition) is 7. The molecule has 9 nitrogen and oxygen atoms in total. The first-order chi connectivity index (χ1) is 17.5. The predicted molar refractivity (Wildman–Crippen MR) is 141 cm³/mol. The van der Waals surface area contributed by atoms with Crippen molar-refractivity contribution in [1.82, 2.24) is 14.1 Å². The van der Waals surface area contributed by atoms with Gasteiger partial charge in [-0.05, 0) is 30.5 Å². The number of aromatic nitrogens is 2. The van der Waals surface area contributed by atoms with Gasteiger partial charge >= 0.3 is 0 Å². The number of hydrogen-bond donors (Lipinski definition) is 1. The summed E-state index contributed by atoms with van der Waals surface area (Å²) >= 11 is 0. The third kappa shape index (κ3) is 6.19. The highest BCUT2D eigenvalue weighted by molar-refractivity contribution is 7.88. The summed E-state index contributed by atoms with van der Waals surface area (Å²) in [6.45, 7) is 2.10. The average molecular weight is 510 g/mol. The molecule has 0 spiro atoms. The molecule has 0 bridgehead atoms. The Labute approximate surface area is 211 Å². The van der Waals surface area contributed by atoms with Crippen molar-refractivity contribution in [3.8, 4) is 5.69 Å². The van der Waals surface area contributed by atoms with Crippen LogP contribution in [0, 0.1) is 0 Å². The molecule has 36 heavy (non-hydrogen) atoms. The second-order valence-corrected chi connectivity index (χ2v) is 10.6. The van der Waals surface area contributed by atoms with Crippen molar-refractivity contribution in [1.29, 1.82) is 0 Å². The first kappa shape index (κ1) is 25.6. The monoisotopic (exact) mass is 509 g/mol. The van der Waals surface area contributed by atoms with Gasteiger partial charge in [-0.1, -0.05) is 48.5 Å². The molecule has 1 saturated heterocycles. The number of nitrogens with one attached hydrogen (secondary N) is 1. The number of rotatable bonds is 11. The number of carbonyl (C=O) groups is 1. The van der Waals surface area contributed by atoms with Crippen LogP contribution < -0.4 is 15.8 Å². The van der Waals surface area contributed by atoms with Crippen LogP contribution in [0.2, 0.25) is 0 Å². The molecular weight excluding hydrogens is 478 g/mol. The van der Waals surface area contributed by atoms with E-state index < -0.39 is 10.0 Å². The fourth-order valence-electron chi connectivity index (χ4n) is 4.25. The summed E-state index contributed by atoms with van der Waals surface area (Å²) in [5.74, 6) is -0.0316. The summed E-state index contributed by atoms with van der Waals surface area (Å²) < 4.78 is 28.8. The van der Waals surface area contributed by atoms with E-state index in [-0.39, 0.29) is 11.3 Å². The minimum Gasteiger partial charge on any atom is -0.379 e. The van der Waals surface area contributed by atoms with E-state index in [0.29, 0.717) is 56.2 Å². The molecule has 1 N–H and O–H groups in total. The van der Waals surface area contributed by atoms with Crippen LogP contribution in [0.15, 0.2) is 71.7 Å². The van der Waals surface area contributed by atoms with Crippen LogP contribution in [0.25, 0.3) is 5.69 Å². The van der Waals surface area contributed by atoms with Gasteiger partial charge in [0.05, 0.1) is 23.3 Å². The number of benzene rings is 2. The Kier molecular flexibility index (Phi) is 8.50. The first-order valence-corrected chi connectivity index (χ1v) is 13.7. The molecule has 3 aromatic rings. The maximum atomic E-state index is 13.4. The number of sulfonamides is 1. The summed E-state index contributed by atoms with van der Waals surface area (Å²) in [5, 5.41) is 7.67. The largest absolute Gasteiger partial charge is 0.379 e. The summed E-state index contributed by atoms with van der Waals surface area (Å²) in [5.41, 5.74) is 2.24. The normalized spacial score (nSPS) is 14.5. The molecule has 1 aliphatic heterocycles. The molecule has 1 fully saturated rings. The van der Waals surface area contributed by atoms with Gasteiger partial charge < -0.3 is 15.0 Å². The second kappa shape index (κ2) is 12.0. The molecule has 1 aliphatic rings. The zero-order chi connectivity index (χ0) is 25.4. The molecule has 0 radical (unpaired) electrons. The molecule has 10 heteroatoms. The Bertz CT molecular complexity index is 1310. The van der Waals surface area contributed by atoms with Gasteiger partial charge in [0.1, 0.15) is 12.0 Å². The number of carbonyl (C=O) groups excluding carboxylic acids is 1. The van der Waals surface area contributed by atoms with Crippen LogP contribution in [-0.2, 0) is 20.6 Å². The van der Waals surface area contributed by atoms with Gasteiger partial charge in [0.25, 0.3) is 5.56 Å². The molecule has 2 heterocycles. The molecule has 190 valence electrons. The number of anilines is 2. The number of piperazine rings is 1. The Morgan fingerprint density at radius 3 is 2.25 bits per heavy atom. The highest BCUT2D eigenvalue weighted by atomic mass is 32.2. The van der Waals surface area contributed by atoms with Crippen LogP contribution >= 0.6 is 0 Å². The SMILES string of the molecule is O=CCCCCNc1c(N2CCN(S(=O)(=O)Cc3ccccc3)CC2)cnn(-c2ccccc2)c1=O. The van der Waals surface area contributed by atoms with Crippen LogP contribution in [0.4, 0.5) is 11.4 Å². The molecule has 0 saturated carbocycles. The third-order valence-corrected chi connectivity index (χ3v) is 8.02. The van der Waals surface area contributed by atoms with Gasteiger partial charge in [0.15, 0.2) is 0 Å². The van der Waals surface area contributed by atoms with Crippen molar-refractivity contribution in [2.75, 3.05) is 42.9 Å². The van der Waals surface area contributed by atoms with Gasteiger partial charge in [-0.2, -0.15) is 14.1 Å². The van der Waals surface area contributed by atoms with Crippen molar-refractivity contribution in [2.45, 2.75) is 25.0 Å². The zero-order valence-electron chi connectivity index (χ0n) is 20.1. The van der Waals surface area contributed by atoms with Crippen LogP contribution in [0.3, 0.4) is 0 Å². The molecule has 0 atom stereocenters. The molecule has 0 amide bonds. The molecule has 0 aliphatic carbocycles. The van der Waals surface area contributed by atoms with E-state index in [1.54, 1.807) is 6.20 Å². The lowest BCUT2D eigenvalue weighted by Crippen LogP contribution is -2.49. The van der Waals surface area contributed by atoms with E-state index >= 15 is 0 Å². The van der Waals surface area contributed by atoms with Crippen molar-refractivity contribution < 1.29 is 13.2 Å². The van der Waals surface area contributed by atoms with Gasteiger partial charge in [-0.25, -0.2) is 8.42 Å². The lowest BCUT2D eigenvalue weighted by Gasteiger charge is -2.36. The molecule has 2 aromatic carbocycles. The number of unbranched alkanes of at least 4 members (excludes halogenated alkanes) is 2. The van der Waals surface area contributed by atoms with Crippen molar-refractivity contribution in [3.05, 3.63) is 82.8 Å². The predicted octanol–water partition coefficient (Wildman–Crippen LogP) is 2.67. The highest BCUT2D eigenvalue weighted by Gasteiger charge is 2.29. The molecule has 0 unspecified atom stereocenters. The number of nitrogens with zero attached hydrogens (tertiary/aromatic N) is 4. The smallest absolute Gasteiger partial charge is 0.296 e. The Hall–Kier alpha value is -3.50. The van der Waals surface area contributed by atoms with Crippen molar-refractivity contribution >= 4 is 27.7 Å². The summed E-state index contributed by atoms with van der Waals surface area (Å²) in [6.07, 6.45) is 4.53. The lowest BCUT2D eigenvalue weighted by molar-refractivity contribution is -0.107. The van der Waals surface area contributed by atoms with E-state index in [1.807, 2.05) is 65.6 Å². The van der Waals surface area contributed by atoms with Crippen LogP contribution in [0.5, 0.6) is 0 Å². The average Bonchev–Trinajstić information content (AvgIpc) is 2.90. The quantitative estimate of drug-likeness (QED) is 0.313. The third-order valence-electron chi connectivity index (χ3n) is 6.17. The van der Waals surface area contributed by atoms with Gasteiger partial charge in [-0.15, -0.1) is 0 Å². The zero-order valence-corrected chi connectivity index (χ0v) is 20.9. The molecule has 4 rings (SSSR count). The first-order valence-electron chi connectivity index (χ1n) is 12.1. The minimum atomic E-state index is -3.45. The topological polar surface area (TPSA) is 105 Å². The summed E-state index contributed by atoms with van der Waals surface area (Å²) in [6, 6.07) is 18.4.